The first-order chi connectivity index (χ1) is 9.13. The second-order valence-electron chi connectivity index (χ2n) is 5.32. The van der Waals surface area contributed by atoms with Crippen LogP contribution in [0.3, 0.4) is 0 Å². The van der Waals surface area contributed by atoms with Crippen LogP contribution < -0.4 is 15.8 Å². The summed E-state index contributed by atoms with van der Waals surface area (Å²) >= 11 is 0. The van der Waals surface area contributed by atoms with Crippen LogP contribution >= 0.6 is 0 Å². The number of ether oxygens (including phenoxy) is 1. The standard InChI is InChI=1S/C15H22N2O2/c1-11(10-12-2-3-12)17-15(18)8-9-19-14-6-4-13(16)5-7-14/h4-7,11-12H,2-3,8-10,16H2,1H3,(H,17,18). The van der Waals surface area contributed by atoms with E-state index in [1.54, 1.807) is 12.1 Å². The van der Waals surface area contributed by atoms with Gasteiger partial charge in [0, 0.05) is 11.7 Å². The number of anilines is 1. The molecule has 104 valence electrons. The highest BCUT2D eigenvalue weighted by Gasteiger charge is 2.24. The normalized spacial score (nSPS) is 15.8. The van der Waals surface area contributed by atoms with Crippen molar-refractivity contribution in [1.29, 1.82) is 0 Å². The number of nitrogen functional groups attached to an aromatic ring is 1. The summed E-state index contributed by atoms with van der Waals surface area (Å²) in [5, 5.41) is 3.01. The van der Waals surface area contributed by atoms with Gasteiger partial charge in [-0.2, -0.15) is 0 Å². The van der Waals surface area contributed by atoms with E-state index in [1.807, 2.05) is 12.1 Å². The van der Waals surface area contributed by atoms with E-state index in [2.05, 4.69) is 12.2 Å². The highest BCUT2D eigenvalue weighted by molar-refractivity contribution is 5.76. The van der Waals surface area contributed by atoms with Crippen LogP contribution in [0.4, 0.5) is 5.69 Å². The minimum absolute atomic E-state index is 0.0589. The number of rotatable bonds is 7. The molecule has 3 N–H and O–H groups in total. The van der Waals surface area contributed by atoms with E-state index in [0.717, 1.165) is 18.1 Å². The number of benzene rings is 1. The molecule has 0 radical (unpaired) electrons. The lowest BCUT2D eigenvalue weighted by molar-refractivity contribution is -0.122. The molecule has 1 aromatic rings. The largest absolute Gasteiger partial charge is 0.493 e. The lowest BCUT2D eigenvalue weighted by atomic mass is 10.1. The Bertz CT molecular complexity index is 413. The molecular formula is C15H22N2O2. The molecule has 0 saturated heterocycles. The Balaban J connectivity index is 1.61. The van der Waals surface area contributed by atoms with E-state index in [0.29, 0.717) is 18.7 Å². The maximum absolute atomic E-state index is 11.7. The lowest BCUT2D eigenvalue weighted by Gasteiger charge is -2.13. The summed E-state index contributed by atoms with van der Waals surface area (Å²) in [6, 6.07) is 7.46. The summed E-state index contributed by atoms with van der Waals surface area (Å²) in [5.41, 5.74) is 6.29. The molecule has 0 heterocycles. The van der Waals surface area contributed by atoms with E-state index in [1.165, 1.54) is 12.8 Å². The van der Waals surface area contributed by atoms with Gasteiger partial charge in [0.2, 0.25) is 5.91 Å². The summed E-state index contributed by atoms with van der Waals surface area (Å²) in [6.07, 6.45) is 4.13. The molecule has 19 heavy (non-hydrogen) atoms. The van der Waals surface area contributed by atoms with Crippen LogP contribution in [0.15, 0.2) is 24.3 Å². The molecule has 4 nitrogen and oxygen atoms in total. The molecule has 1 fully saturated rings. The first kappa shape index (κ1) is 13.7. The van der Waals surface area contributed by atoms with Gasteiger partial charge in [-0.15, -0.1) is 0 Å². The predicted molar refractivity (Wildman–Crippen MR) is 75.9 cm³/mol. The topological polar surface area (TPSA) is 64.3 Å². The van der Waals surface area contributed by atoms with Gasteiger partial charge in [-0.05, 0) is 43.5 Å². The van der Waals surface area contributed by atoms with Gasteiger partial charge in [0.15, 0.2) is 0 Å². The Morgan fingerprint density at radius 1 is 1.42 bits per heavy atom. The number of amides is 1. The third-order valence-electron chi connectivity index (χ3n) is 3.27. The monoisotopic (exact) mass is 262 g/mol. The zero-order valence-corrected chi connectivity index (χ0v) is 11.4. The van der Waals surface area contributed by atoms with Crippen LogP contribution in [0.25, 0.3) is 0 Å². The molecule has 4 heteroatoms. The van der Waals surface area contributed by atoms with Crippen LogP contribution in [0.1, 0.15) is 32.6 Å². The summed E-state index contributed by atoms with van der Waals surface area (Å²) < 4.78 is 5.49. The van der Waals surface area contributed by atoms with Crippen molar-refractivity contribution in [2.75, 3.05) is 12.3 Å². The summed E-state index contributed by atoms with van der Waals surface area (Å²) in [5.74, 6) is 1.64. The molecule has 2 rings (SSSR count). The number of carbonyl (C=O) groups excluding carboxylic acids is 1. The Morgan fingerprint density at radius 3 is 2.74 bits per heavy atom. The van der Waals surface area contributed by atoms with Crippen LogP contribution in [0, 0.1) is 5.92 Å². The SMILES string of the molecule is CC(CC1CC1)NC(=O)CCOc1ccc(N)cc1. The summed E-state index contributed by atoms with van der Waals surface area (Å²) in [7, 11) is 0. The average molecular weight is 262 g/mol. The fourth-order valence-electron chi connectivity index (χ4n) is 2.09. The molecule has 1 aliphatic carbocycles. The van der Waals surface area contributed by atoms with Crippen LogP contribution in [0.5, 0.6) is 5.75 Å². The van der Waals surface area contributed by atoms with Crippen molar-refractivity contribution in [2.45, 2.75) is 38.6 Å². The summed E-state index contributed by atoms with van der Waals surface area (Å²) in [4.78, 5) is 11.7. The van der Waals surface area contributed by atoms with Gasteiger partial charge in [0.05, 0.1) is 13.0 Å². The van der Waals surface area contributed by atoms with Gasteiger partial charge < -0.3 is 15.8 Å². The van der Waals surface area contributed by atoms with Crippen molar-refractivity contribution >= 4 is 11.6 Å². The van der Waals surface area contributed by atoms with Gasteiger partial charge in [0.1, 0.15) is 5.75 Å². The molecule has 1 unspecified atom stereocenters. The zero-order chi connectivity index (χ0) is 13.7. The average Bonchev–Trinajstić information content (AvgIpc) is 3.15. The Hall–Kier alpha value is -1.71. The summed E-state index contributed by atoms with van der Waals surface area (Å²) in [6.45, 7) is 2.46. The first-order valence-corrected chi connectivity index (χ1v) is 6.91. The van der Waals surface area contributed by atoms with E-state index in [4.69, 9.17) is 10.5 Å². The zero-order valence-electron chi connectivity index (χ0n) is 11.4. The highest BCUT2D eigenvalue weighted by Crippen LogP contribution is 2.33. The van der Waals surface area contributed by atoms with Crippen molar-refractivity contribution in [3.8, 4) is 5.75 Å². The van der Waals surface area contributed by atoms with Crippen molar-refractivity contribution in [2.24, 2.45) is 5.92 Å². The predicted octanol–water partition coefficient (Wildman–Crippen LogP) is 2.34. The fraction of sp³-hybridized carbons (Fsp3) is 0.533. The Morgan fingerprint density at radius 2 is 2.11 bits per heavy atom. The first-order valence-electron chi connectivity index (χ1n) is 6.91. The smallest absolute Gasteiger partial charge is 0.223 e. The van der Waals surface area contributed by atoms with E-state index in [9.17, 15) is 4.79 Å². The van der Waals surface area contributed by atoms with Crippen LogP contribution in [-0.2, 0) is 4.79 Å². The number of carbonyl (C=O) groups is 1. The van der Waals surface area contributed by atoms with Crippen molar-refractivity contribution < 1.29 is 9.53 Å². The van der Waals surface area contributed by atoms with Crippen LogP contribution in [0.2, 0.25) is 0 Å². The minimum atomic E-state index is 0.0589. The van der Waals surface area contributed by atoms with Crippen molar-refractivity contribution in [3.63, 3.8) is 0 Å². The van der Waals surface area contributed by atoms with Gasteiger partial charge in [-0.3, -0.25) is 4.79 Å². The maximum atomic E-state index is 11.7. The second-order valence-corrected chi connectivity index (χ2v) is 5.32. The Kier molecular flexibility index (Phi) is 4.66. The quantitative estimate of drug-likeness (QED) is 0.741. The third-order valence-corrected chi connectivity index (χ3v) is 3.27. The Labute approximate surface area is 114 Å². The number of nitrogens with two attached hydrogens (primary N) is 1. The molecule has 0 spiro atoms. The number of hydrogen-bond donors (Lipinski definition) is 2. The lowest BCUT2D eigenvalue weighted by Crippen LogP contribution is -2.33. The fourth-order valence-corrected chi connectivity index (χ4v) is 2.09. The van der Waals surface area contributed by atoms with Crippen molar-refractivity contribution in [1.82, 2.24) is 5.32 Å². The minimum Gasteiger partial charge on any atom is -0.493 e. The van der Waals surface area contributed by atoms with E-state index >= 15 is 0 Å². The molecule has 0 aromatic heterocycles. The van der Waals surface area contributed by atoms with Gasteiger partial charge >= 0.3 is 0 Å². The maximum Gasteiger partial charge on any atom is 0.223 e. The molecule has 0 bridgehead atoms. The van der Waals surface area contributed by atoms with Gasteiger partial charge in [-0.25, -0.2) is 0 Å². The molecule has 1 saturated carbocycles. The third kappa shape index (κ3) is 5.20. The van der Waals surface area contributed by atoms with Gasteiger partial charge in [0.25, 0.3) is 0 Å². The van der Waals surface area contributed by atoms with E-state index in [-0.39, 0.29) is 11.9 Å². The molecule has 1 aliphatic rings. The number of nitrogens with one attached hydrogen (secondary N) is 1. The molecular weight excluding hydrogens is 240 g/mol. The highest BCUT2D eigenvalue weighted by atomic mass is 16.5. The molecule has 1 aromatic carbocycles. The van der Waals surface area contributed by atoms with Crippen LogP contribution in [-0.4, -0.2) is 18.6 Å². The number of hydrogen-bond acceptors (Lipinski definition) is 3. The molecule has 0 aliphatic heterocycles. The molecule has 1 amide bonds. The second kappa shape index (κ2) is 6.45. The van der Waals surface area contributed by atoms with Gasteiger partial charge in [-0.1, -0.05) is 12.8 Å². The molecule has 1 atom stereocenters. The van der Waals surface area contributed by atoms with Crippen molar-refractivity contribution in [3.05, 3.63) is 24.3 Å². The van der Waals surface area contributed by atoms with E-state index < -0.39 is 0 Å².